The van der Waals surface area contributed by atoms with Crippen LogP contribution in [0.25, 0.3) is 0 Å². The molecule has 4 aliphatic heterocycles. The van der Waals surface area contributed by atoms with E-state index >= 15 is 24.0 Å². The number of aliphatic hydroxyl groups is 2. The Morgan fingerprint density at radius 2 is 1.29 bits per heavy atom. The summed E-state index contributed by atoms with van der Waals surface area (Å²) in [5.74, 6) is -19.3. The molecule has 2 aromatic rings. The summed E-state index contributed by atoms with van der Waals surface area (Å²) in [6.45, 7) is 2.34. The molecule has 4 fully saturated rings. The van der Waals surface area contributed by atoms with Crippen LogP contribution < -0.4 is 76.1 Å². The van der Waals surface area contributed by atoms with Crippen LogP contribution in [0.4, 0.5) is 0 Å². The van der Waals surface area contributed by atoms with Gasteiger partial charge in [0.1, 0.15) is 78.5 Å². The fourth-order valence-electron chi connectivity index (χ4n) is 13.0. The molecule has 5 heterocycles. The van der Waals surface area contributed by atoms with Gasteiger partial charge in [-0.2, -0.15) is 0 Å². The van der Waals surface area contributed by atoms with E-state index in [-0.39, 0.29) is 135 Å². The first-order chi connectivity index (χ1) is 53.3. The maximum atomic E-state index is 15.3. The topological polar surface area (TPSA) is 651 Å². The Balaban J connectivity index is 1.46. The number of rotatable bonds is 30. The normalized spacial score (nSPS) is 24.2. The number of nitrogens with two attached hydrogens (primary N) is 4. The minimum Gasteiger partial charge on any atom is -0.481 e. The number of aliphatic carboxylic acids is 2. The Labute approximate surface area is 651 Å². The summed E-state index contributed by atoms with van der Waals surface area (Å²) in [6.07, 6.45) is -1.21. The highest BCUT2D eigenvalue weighted by Gasteiger charge is 2.47. The van der Waals surface area contributed by atoms with E-state index in [0.717, 1.165) is 44.3 Å². The third-order valence-corrected chi connectivity index (χ3v) is 21.7. The molecule has 4 aliphatic rings. The fourth-order valence-corrected chi connectivity index (χ4v) is 15.3. The summed E-state index contributed by atoms with van der Waals surface area (Å²) in [7, 11) is 1.60. The van der Waals surface area contributed by atoms with Gasteiger partial charge in [-0.3, -0.25) is 76.8 Å². The van der Waals surface area contributed by atoms with E-state index < -0.39 is 222 Å². The molecule has 0 bridgehead atoms. The lowest BCUT2D eigenvalue weighted by molar-refractivity contribution is -0.148. The summed E-state index contributed by atoms with van der Waals surface area (Å²) >= 11 is 0. The van der Waals surface area contributed by atoms with E-state index in [2.05, 4.69) is 68.5 Å². The molecule has 44 heteroatoms. The van der Waals surface area contributed by atoms with Crippen LogP contribution in [0, 0.1) is 5.92 Å². The van der Waals surface area contributed by atoms with E-state index in [1.54, 1.807) is 44.2 Å². The quantitative estimate of drug-likeness (QED) is 0.0150. The van der Waals surface area contributed by atoms with Crippen molar-refractivity contribution in [3.05, 3.63) is 47.8 Å². The Hall–Kier alpha value is -10.3. The molecular weight excluding hydrogens is 1510 g/mol. The Morgan fingerprint density at radius 3 is 1.92 bits per heavy atom. The number of aryl methyl sites for hydroxylation is 1. The zero-order valence-corrected chi connectivity index (χ0v) is 64.0. The summed E-state index contributed by atoms with van der Waals surface area (Å²) < 4.78 is 1.07. The van der Waals surface area contributed by atoms with E-state index in [1.165, 1.54) is 9.80 Å². The number of aromatic nitrogens is 3. The van der Waals surface area contributed by atoms with Gasteiger partial charge in [-0.15, -0.1) is 5.10 Å². The van der Waals surface area contributed by atoms with Crippen molar-refractivity contribution >= 4 is 122 Å². The van der Waals surface area contributed by atoms with Crippen molar-refractivity contribution in [3.8, 4) is 0 Å². The van der Waals surface area contributed by atoms with Crippen LogP contribution in [-0.2, 0) is 84.9 Å². The van der Waals surface area contributed by atoms with Crippen LogP contribution in [0.5, 0.6) is 0 Å². The average Bonchev–Trinajstić information content (AvgIpc) is 1.63. The molecule has 13 amide bonds. The van der Waals surface area contributed by atoms with Gasteiger partial charge in [-0.05, 0) is 102 Å². The van der Waals surface area contributed by atoms with Crippen molar-refractivity contribution in [3.63, 3.8) is 0 Å². The van der Waals surface area contributed by atoms with Crippen molar-refractivity contribution in [1.29, 1.82) is 0 Å². The molecular formula is C68H103N21O21S2. The zero-order chi connectivity index (χ0) is 82.5. The smallest absolute Gasteiger partial charge is 0.358 e. The molecule has 4 saturated heterocycles. The lowest BCUT2D eigenvalue weighted by atomic mass is 9.97. The lowest BCUT2D eigenvalue weighted by Gasteiger charge is -2.34. The third-order valence-electron chi connectivity index (χ3n) is 19.3. The number of carbonyl (C=O) groups is 16. The number of nitrogens with zero attached hydrogens (tertiary/aromatic N) is 7. The van der Waals surface area contributed by atoms with E-state index in [4.69, 9.17) is 22.9 Å². The Bertz CT molecular complexity index is 3710. The summed E-state index contributed by atoms with van der Waals surface area (Å²) in [5.41, 5.74) is 22.5. The predicted molar refractivity (Wildman–Crippen MR) is 400 cm³/mol. The maximum absolute atomic E-state index is 15.3. The molecule has 1 aromatic heterocycles. The van der Waals surface area contributed by atoms with Crippen LogP contribution in [0.1, 0.15) is 127 Å². The molecule has 1 aromatic carbocycles. The van der Waals surface area contributed by atoms with Crippen LogP contribution in [0.15, 0.2) is 41.5 Å². The van der Waals surface area contributed by atoms with Gasteiger partial charge in [-0.25, -0.2) is 9.59 Å². The van der Waals surface area contributed by atoms with Gasteiger partial charge in [0.2, 0.25) is 76.8 Å². The maximum Gasteiger partial charge on any atom is 0.358 e. The molecule has 0 unspecified atom stereocenters. The number of carboxylic acid groups (broad SMARTS) is 3. The summed E-state index contributed by atoms with van der Waals surface area (Å²) in [4.78, 5) is 233. The zero-order valence-electron chi connectivity index (χ0n) is 62.3. The second kappa shape index (κ2) is 44.7. The van der Waals surface area contributed by atoms with Gasteiger partial charge >= 0.3 is 17.9 Å². The monoisotopic (exact) mass is 1610 g/mol. The Kier molecular flexibility index (Phi) is 36.1. The van der Waals surface area contributed by atoms with Gasteiger partial charge in [0.15, 0.2) is 11.7 Å². The second-order valence-corrected chi connectivity index (χ2v) is 30.0. The SMILES string of the molecule is CC[C@H](C)[C@@H]1NC(=O)[C@@H]2CCCN2C(=O)[C@@H]2CCCN2C(=O)[C@H](CCn2cc(C(=O)O)nn2)NC(=O)[C@H](CO)NC(=O)[C@H](CCCCN)NC(=O)[C@H]([C@@H](C)O)NC(=O)[C@@H](NC(=O)[C@H](CCCN=C(N)N)NC(=O)CN)CSSC[C@@H](C(=O)N[C@@H](Cc2ccccc2)C(=O)N2CCC[C@H]2C(=O)N[C@@H](CC(=O)O)C(=O)O)NC1=O. The van der Waals surface area contributed by atoms with Crippen LogP contribution >= 0.6 is 21.6 Å². The number of carbonyl (C=O) groups excluding carboxylic acids is 13. The number of aromatic carboxylic acids is 1. The minimum atomic E-state index is -1.98. The van der Waals surface area contributed by atoms with Crippen molar-refractivity contribution < 1.29 is 102 Å². The molecule has 112 heavy (non-hydrogen) atoms. The number of aliphatic imine (C=N–C) groups is 1. The van der Waals surface area contributed by atoms with E-state index in [0.29, 0.717) is 5.56 Å². The minimum absolute atomic E-state index is 0.00595. The second-order valence-electron chi connectivity index (χ2n) is 27.5. The summed E-state index contributed by atoms with van der Waals surface area (Å²) in [6, 6.07) is -12.6. The predicted octanol–water partition coefficient (Wildman–Crippen LogP) is -7.06. The van der Waals surface area contributed by atoms with Gasteiger partial charge < -0.3 is 116 Å². The molecule has 15 atom stereocenters. The molecule has 0 saturated carbocycles. The molecule has 618 valence electrons. The average molecular weight is 1610 g/mol. The fraction of sp³-hybridized carbons (Fsp3) is 0.632. The highest BCUT2D eigenvalue weighted by atomic mass is 33.1. The summed E-state index contributed by atoms with van der Waals surface area (Å²) in [5, 5.41) is 83.5. The number of guanidine groups is 1. The van der Waals surface area contributed by atoms with Gasteiger partial charge in [-0.1, -0.05) is 77.4 Å². The molecule has 0 spiro atoms. The molecule has 0 aliphatic carbocycles. The Morgan fingerprint density at radius 1 is 0.670 bits per heavy atom. The number of unbranched alkanes of at least 4 members (excludes halogenated alkanes) is 1. The lowest BCUT2D eigenvalue weighted by Crippen LogP contribution is -2.62. The van der Waals surface area contributed by atoms with Gasteiger partial charge in [0, 0.05) is 50.7 Å². The van der Waals surface area contributed by atoms with Crippen LogP contribution in [0.3, 0.4) is 0 Å². The molecule has 23 N–H and O–H groups in total. The first kappa shape index (κ1) is 90.6. The van der Waals surface area contributed by atoms with E-state index in [1.807, 2.05) is 0 Å². The van der Waals surface area contributed by atoms with Crippen molar-refractivity contribution in [2.24, 2.45) is 33.8 Å². The van der Waals surface area contributed by atoms with Crippen molar-refractivity contribution in [1.82, 2.24) is 82.9 Å². The standard InChI is InChI=1S/C68H103N21O21S2/c1-4-35(2)52-61(102)81-45(57(98)77-41(28-37-14-6-5-7-15-37)64(105)87-24-11-18-47(87)59(100)78-42(66(107)108)29-51(93)94)33-111-112-34-46(80-54(95)38(74-50(92)30-70)17-10-23-73-68(71)72)58(99)83-53(36(3)91)62(103)75-39(16-8-9-22-69)55(96)79-44(32-90)56(97)76-40(21-27-86-31-43(67(109)110)84-85-86)63(104)89-26-13-20-49(89)65(106)88-25-12-19-48(88)60(101)82-52/h5-7,14-15,31,35-36,38-42,44-49,52-53,90-91H,4,8-13,16-30,32-34,69-70H2,1-3H3,(H,74,92)(H,75,103)(H,76,97)(H,77,98)(H,78,100)(H,79,96)(H,80,95)(H,81,102)(H,82,101)(H,83,99)(H,93,94)(H,107,108)(H,109,110)(H4,71,72,73)/t35-,36+,38-,39-,40-,41-,42-,44-,45-,46-,47-,48-,49-,52-,53-/m0/s1. The molecule has 42 nitrogen and oxygen atoms in total. The molecule has 6 rings (SSSR count). The first-order valence-electron chi connectivity index (χ1n) is 36.9. The number of hydrogen-bond acceptors (Lipinski definition) is 25. The van der Waals surface area contributed by atoms with Crippen LogP contribution in [-0.4, -0.2) is 298 Å². The van der Waals surface area contributed by atoms with Crippen molar-refractivity contribution in [2.75, 3.05) is 57.4 Å². The van der Waals surface area contributed by atoms with Gasteiger partial charge in [0.05, 0.1) is 31.9 Å². The number of hydrogen-bond donors (Lipinski definition) is 19. The number of likely N-dealkylation sites (tertiary alicyclic amines) is 1. The van der Waals surface area contributed by atoms with Crippen molar-refractivity contribution in [2.45, 2.75) is 208 Å². The highest BCUT2D eigenvalue weighted by Crippen LogP contribution is 2.29. The van der Waals surface area contributed by atoms with Crippen LogP contribution in [0.2, 0.25) is 0 Å². The number of aliphatic hydroxyl groups excluding tert-OH is 2. The number of fused-ring (bicyclic) bond motifs is 2. The number of carboxylic acids is 3. The first-order valence-corrected chi connectivity index (χ1v) is 39.3. The number of benzene rings is 1. The van der Waals surface area contributed by atoms with E-state index in [9.17, 15) is 78.3 Å². The third kappa shape index (κ3) is 26.7. The largest absolute Gasteiger partial charge is 0.481 e. The molecule has 0 radical (unpaired) electrons. The van der Waals surface area contributed by atoms with Gasteiger partial charge in [0.25, 0.3) is 0 Å². The number of nitrogens with one attached hydrogen (secondary N) is 10. The number of amides is 13. The highest BCUT2D eigenvalue weighted by molar-refractivity contribution is 8.76.